The van der Waals surface area contributed by atoms with Gasteiger partial charge in [-0.05, 0) is 63.1 Å². The highest BCUT2D eigenvalue weighted by atomic mass is 16.6. The van der Waals surface area contributed by atoms with Gasteiger partial charge >= 0.3 is 0 Å². The quantitative estimate of drug-likeness (QED) is 0.264. The van der Waals surface area contributed by atoms with E-state index >= 15 is 0 Å². The summed E-state index contributed by atoms with van der Waals surface area (Å²) in [4.78, 5) is 40.8. The molecule has 0 bridgehead atoms. The summed E-state index contributed by atoms with van der Waals surface area (Å²) >= 11 is 0. The van der Waals surface area contributed by atoms with Gasteiger partial charge in [-0.1, -0.05) is 12.1 Å². The van der Waals surface area contributed by atoms with Crippen LogP contribution in [-0.2, 0) is 17.8 Å². The molecule has 38 heavy (non-hydrogen) atoms. The molecular weight excluding hydrogens is 490 g/mol. The van der Waals surface area contributed by atoms with Crippen LogP contribution in [0.5, 0.6) is 11.5 Å². The first-order chi connectivity index (χ1) is 18.0. The monoisotopic (exact) mass is 523 g/mol. The van der Waals surface area contributed by atoms with E-state index in [0.717, 1.165) is 5.56 Å². The molecule has 1 heterocycles. The van der Waals surface area contributed by atoms with Crippen molar-refractivity contribution in [3.8, 4) is 11.5 Å². The largest absolute Gasteiger partial charge is 0.493 e. The van der Waals surface area contributed by atoms with Crippen LogP contribution in [0.25, 0.3) is 0 Å². The van der Waals surface area contributed by atoms with Crippen LogP contribution in [0.3, 0.4) is 0 Å². The number of hydrogen-bond acceptors (Lipinski definition) is 7. The van der Waals surface area contributed by atoms with Crippen LogP contribution in [0.15, 0.2) is 65.3 Å². The summed E-state index contributed by atoms with van der Waals surface area (Å²) < 4.78 is 16.2. The molecule has 10 heteroatoms. The predicted molar refractivity (Wildman–Crippen MR) is 141 cm³/mol. The minimum Gasteiger partial charge on any atom is -0.493 e. The summed E-state index contributed by atoms with van der Waals surface area (Å²) in [5, 5.41) is 11.2. The van der Waals surface area contributed by atoms with Crippen molar-refractivity contribution in [2.45, 2.75) is 39.3 Å². The van der Waals surface area contributed by atoms with E-state index in [9.17, 15) is 19.7 Å². The molecule has 0 aliphatic heterocycles. The fourth-order valence-electron chi connectivity index (χ4n) is 3.94. The molecule has 0 saturated carbocycles. The van der Waals surface area contributed by atoms with Crippen LogP contribution < -0.4 is 9.47 Å². The minimum atomic E-state index is -0.725. The van der Waals surface area contributed by atoms with E-state index in [4.69, 9.17) is 13.9 Å². The fourth-order valence-corrected chi connectivity index (χ4v) is 3.94. The number of non-ortho nitro benzene ring substituents is 1. The lowest BCUT2D eigenvalue weighted by molar-refractivity contribution is -0.384. The molecule has 0 fully saturated rings. The van der Waals surface area contributed by atoms with Gasteiger partial charge in [0, 0.05) is 29.8 Å². The Morgan fingerprint density at radius 1 is 1.00 bits per heavy atom. The third-order valence-corrected chi connectivity index (χ3v) is 6.05. The van der Waals surface area contributed by atoms with Gasteiger partial charge < -0.3 is 23.7 Å². The standard InChI is InChI=1S/C28H33N3O7/c1-28(2,3)30(27(33)21-8-6-9-22(17-21)31(34)35)19-26(32)29(18-23-10-7-15-38-23)14-13-20-11-12-24(36-4)25(16-20)37-5/h6-12,15-17H,13-14,18-19H2,1-5H3. The molecule has 10 nitrogen and oxygen atoms in total. The van der Waals surface area contributed by atoms with Gasteiger partial charge in [-0.3, -0.25) is 19.7 Å². The zero-order valence-corrected chi connectivity index (χ0v) is 22.3. The first-order valence-electron chi connectivity index (χ1n) is 12.1. The number of hydrogen-bond donors (Lipinski definition) is 0. The van der Waals surface area contributed by atoms with Crippen molar-refractivity contribution in [2.75, 3.05) is 27.3 Å². The van der Waals surface area contributed by atoms with E-state index in [1.54, 1.807) is 37.5 Å². The van der Waals surface area contributed by atoms with Gasteiger partial charge in [0.2, 0.25) is 5.91 Å². The number of methoxy groups -OCH3 is 2. The van der Waals surface area contributed by atoms with Crippen LogP contribution in [0.4, 0.5) is 5.69 Å². The predicted octanol–water partition coefficient (Wildman–Crippen LogP) is 4.72. The number of amides is 2. The zero-order chi connectivity index (χ0) is 27.9. The molecule has 0 N–H and O–H groups in total. The Morgan fingerprint density at radius 3 is 2.34 bits per heavy atom. The number of nitrogens with zero attached hydrogens (tertiary/aromatic N) is 3. The number of carbonyl (C=O) groups is 2. The Kier molecular flexibility index (Phi) is 9.11. The third-order valence-electron chi connectivity index (χ3n) is 6.05. The summed E-state index contributed by atoms with van der Waals surface area (Å²) in [6.07, 6.45) is 2.07. The van der Waals surface area contributed by atoms with Gasteiger partial charge in [0.25, 0.3) is 11.6 Å². The van der Waals surface area contributed by atoms with E-state index in [2.05, 4.69) is 0 Å². The molecule has 0 aliphatic rings. The average Bonchev–Trinajstić information content (AvgIpc) is 3.41. The smallest absolute Gasteiger partial charge is 0.270 e. The highest BCUT2D eigenvalue weighted by Gasteiger charge is 2.31. The molecule has 0 radical (unpaired) electrons. The van der Waals surface area contributed by atoms with Crippen molar-refractivity contribution in [1.29, 1.82) is 0 Å². The highest BCUT2D eigenvalue weighted by molar-refractivity contribution is 5.97. The minimum absolute atomic E-state index is 0.143. The SMILES string of the molecule is COc1ccc(CCN(Cc2ccco2)C(=O)CN(C(=O)c2cccc([N+](=O)[O-])c2)C(C)(C)C)cc1OC. The van der Waals surface area contributed by atoms with Crippen LogP contribution in [0.2, 0.25) is 0 Å². The number of nitro benzene ring substituents is 1. The summed E-state index contributed by atoms with van der Waals surface area (Å²) in [6.45, 7) is 5.82. The Labute approximate surface area is 221 Å². The topological polar surface area (TPSA) is 115 Å². The molecule has 0 unspecified atom stereocenters. The Morgan fingerprint density at radius 2 is 1.74 bits per heavy atom. The average molecular weight is 524 g/mol. The second-order valence-electron chi connectivity index (χ2n) is 9.70. The first-order valence-corrected chi connectivity index (χ1v) is 12.1. The lowest BCUT2D eigenvalue weighted by Crippen LogP contribution is -2.51. The zero-order valence-electron chi connectivity index (χ0n) is 22.3. The molecule has 0 aliphatic carbocycles. The maximum absolute atomic E-state index is 13.6. The number of furan rings is 1. The number of ether oxygens (including phenoxy) is 2. The van der Waals surface area contributed by atoms with E-state index in [1.165, 1.54) is 29.2 Å². The molecule has 0 atom stereocenters. The van der Waals surface area contributed by atoms with Crippen molar-refractivity contribution >= 4 is 17.5 Å². The van der Waals surface area contributed by atoms with Gasteiger partial charge in [0.15, 0.2) is 11.5 Å². The molecular formula is C28H33N3O7. The molecule has 0 saturated heterocycles. The van der Waals surface area contributed by atoms with Crippen LogP contribution in [0.1, 0.15) is 42.5 Å². The first kappa shape index (κ1) is 28.2. The van der Waals surface area contributed by atoms with Gasteiger partial charge in [-0.15, -0.1) is 0 Å². The van der Waals surface area contributed by atoms with Crippen molar-refractivity contribution in [3.05, 3.63) is 87.9 Å². The van der Waals surface area contributed by atoms with Gasteiger partial charge in [0.05, 0.1) is 32.0 Å². The number of rotatable bonds is 11. The lowest BCUT2D eigenvalue weighted by atomic mass is 10.0. The fraction of sp³-hybridized carbons (Fsp3) is 0.357. The summed E-state index contributed by atoms with van der Waals surface area (Å²) in [7, 11) is 3.13. The summed E-state index contributed by atoms with van der Waals surface area (Å²) in [5.74, 6) is 1.07. The van der Waals surface area contributed by atoms with Gasteiger partial charge in [-0.25, -0.2) is 0 Å². The Bertz CT molecular complexity index is 1270. The second kappa shape index (κ2) is 12.3. The molecule has 3 aromatic rings. The van der Waals surface area contributed by atoms with Crippen molar-refractivity contribution < 1.29 is 28.4 Å². The van der Waals surface area contributed by atoms with Crippen molar-refractivity contribution in [3.63, 3.8) is 0 Å². The molecule has 1 aromatic heterocycles. The Hall–Kier alpha value is -4.34. The molecule has 2 aromatic carbocycles. The second-order valence-corrected chi connectivity index (χ2v) is 9.70. The van der Waals surface area contributed by atoms with E-state index in [-0.39, 0.29) is 30.2 Å². The molecule has 2 amide bonds. The number of benzene rings is 2. The highest BCUT2D eigenvalue weighted by Crippen LogP contribution is 2.28. The number of nitro groups is 1. The van der Waals surface area contributed by atoms with E-state index in [1.807, 2.05) is 39.0 Å². The summed E-state index contributed by atoms with van der Waals surface area (Å²) in [6, 6.07) is 14.6. The molecule has 3 rings (SSSR count). The third kappa shape index (κ3) is 7.12. The summed E-state index contributed by atoms with van der Waals surface area (Å²) in [5.41, 5.74) is 0.173. The van der Waals surface area contributed by atoms with Gasteiger partial charge in [-0.2, -0.15) is 0 Å². The molecule has 0 spiro atoms. The van der Waals surface area contributed by atoms with Crippen LogP contribution in [-0.4, -0.2) is 59.4 Å². The van der Waals surface area contributed by atoms with Gasteiger partial charge in [0.1, 0.15) is 12.3 Å². The van der Waals surface area contributed by atoms with Crippen molar-refractivity contribution in [2.24, 2.45) is 0 Å². The van der Waals surface area contributed by atoms with Crippen LogP contribution in [0, 0.1) is 10.1 Å². The Balaban J connectivity index is 1.83. The normalized spacial score (nSPS) is 11.1. The van der Waals surface area contributed by atoms with Crippen LogP contribution >= 0.6 is 0 Å². The number of carbonyl (C=O) groups excluding carboxylic acids is 2. The molecule has 202 valence electrons. The lowest BCUT2D eigenvalue weighted by Gasteiger charge is -2.36. The van der Waals surface area contributed by atoms with E-state index < -0.39 is 16.4 Å². The maximum Gasteiger partial charge on any atom is 0.270 e. The van der Waals surface area contributed by atoms with E-state index in [0.29, 0.717) is 30.2 Å². The maximum atomic E-state index is 13.6. The van der Waals surface area contributed by atoms with Crippen molar-refractivity contribution in [1.82, 2.24) is 9.80 Å².